The molecule has 2 N–H and O–H groups in total. The van der Waals surface area contributed by atoms with Crippen LogP contribution < -0.4 is 0 Å². The van der Waals surface area contributed by atoms with Crippen molar-refractivity contribution in [2.24, 2.45) is 0 Å². The van der Waals surface area contributed by atoms with Crippen molar-refractivity contribution in [3.05, 3.63) is 95.1 Å². The Morgan fingerprint density at radius 2 is 1.46 bits per heavy atom. The number of rotatable bonds is 6. The van der Waals surface area contributed by atoms with E-state index in [4.69, 9.17) is 0 Å². The van der Waals surface area contributed by atoms with Gasteiger partial charge in [0.1, 0.15) is 11.5 Å². The summed E-state index contributed by atoms with van der Waals surface area (Å²) in [6, 6.07) is 21.6. The molecular formula is C22H21NO3. The fraction of sp³-hybridized carbons (Fsp3) is 0.136. The molecule has 0 aliphatic carbocycles. The van der Waals surface area contributed by atoms with Crippen molar-refractivity contribution in [1.82, 2.24) is 4.90 Å². The first kappa shape index (κ1) is 17.7. The second kappa shape index (κ2) is 7.85. The Morgan fingerprint density at radius 1 is 0.846 bits per heavy atom. The van der Waals surface area contributed by atoms with E-state index in [0.29, 0.717) is 24.2 Å². The summed E-state index contributed by atoms with van der Waals surface area (Å²) in [5.41, 5.74) is 2.17. The zero-order chi connectivity index (χ0) is 18.5. The van der Waals surface area contributed by atoms with Crippen molar-refractivity contribution in [3.8, 4) is 11.5 Å². The monoisotopic (exact) mass is 347 g/mol. The summed E-state index contributed by atoms with van der Waals surface area (Å²) in [5.74, 6) is -0.458. The topological polar surface area (TPSA) is 60.8 Å². The summed E-state index contributed by atoms with van der Waals surface area (Å²) in [6.07, 6.45) is 0. The quantitative estimate of drug-likeness (QED) is 0.663. The highest BCUT2D eigenvalue weighted by Crippen LogP contribution is 2.33. The van der Waals surface area contributed by atoms with E-state index < -0.39 is 0 Å². The molecule has 0 aliphatic rings. The van der Waals surface area contributed by atoms with Gasteiger partial charge < -0.3 is 10.2 Å². The molecule has 0 fully saturated rings. The lowest BCUT2D eigenvalue weighted by Crippen LogP contribution is -2.18. The summed E-state index contributed by atoms with van der Waals surface area (Å²) in [5, 5.41) is 20.8. The van der Waals surface area contributed by atoms with Crippen LogP contribution in [0, 0.1) is 0 Å². The van der Waals surface area contributed by atoms with Crippen molar-refractivity contribution < 1.29 is 15.0 Å². The van der Waals surface area contributed by atoms with E-state index in [2.05, 4.69) is 0 Å². The number of phenols is 2. The van der Waals surface area contributed by atoms with E-state index in [1.165, 1.54) is 12.1 Å². The first-order chi connectivity index (χ1) is 12.6. The standard InChI is InChI=1S/C22H21NO3/c1-23(14-16-8-4-2-5-9-16)15-19-20(24)13-12-18(22(19)26)21(25)17-10-6-3-7-11-17/h2-13,24,26H,14-15H2,1H3. The van der Waals surface area contributed by atoms with Crippen LogP contribution in [-0.2, 0) is 13.1 Å². The first-order valence-electron chi connectivity index (χ1n) is 8.42. The molecule has 0 bridgehead atoms. The highest BCUT2D eigenvalue weighted by molar-refractivity contribution is 6.11. The van der Waals surface area contributed by atoms with Gasteiger partial charge in [0.05, 0.1) is 11.1 Å². The molecule has 0 spiro atoms. The lowest BCUT2D eigenvalue weighted by molar-refractivity contribution is 0.103. The van der Waals surface area contributed by atoms with Gasteiger partial charge in [-0.15, -0.1) is 0 Å². The predicted octanol–water partition coefficient (Wildman–Crippen LogP) is 3.96. The number of ketones is 1. The van der Waals surface area contributed by atoms with E-state index in [1.54, 1.807) is 24.3 Å². The van der Waals surface area contributed by atoms with Crippen LogP contribution in [0.1, 0.15) is 27.0 Å². The summed E-state index contributed by atoms with van der Waals surface area (Å²) in [6.45, 7) is 0.985. The van der Waals surface area contributed by atoms with E-state index in [-0.39, 0.29) is 22.8 Å². The van der Waals surface area contributed by atoms with Crippen LogP contribution in [0.15, 0.2) is 72.8 Å². The molecule has 4 nitrogen and oxygen atoms in total. The van der Waals surface area contributed by atoms with Gasteiger partial charge in [-0.3, -0.25) is 9.69 Å². The number of carbonyl (C=O) groups is 1. The van der Waals surface area contributed by atoms with Gasteiger partial charge in [0.2, 0.25) is 0 Å². The van der Waals surface area contributed by atoms with Crippen molar-refractivity contribution >= 4 is 5.78 Å². The summed E-state index contributed by atoms with van der Waals surface area (Å²) in [4.78, 5) is 14.6. The molecule has 132 valence electrons. The minimum Gasteiger partial charge on any atom is -0.507 e. The molecule has 0 amide bonds. The van der Waals surface area contributed by atoms with Gasteiger partial charge in [-0.05, 0) is 24.7 Å². The summed E-state index contributed by atoms with van der Waals surface area (Å²) in [7, 11) is 1.90. The molecular weight excluding hydrogens is 326 g/mol. The highest BCUT2D eigenvalue weighted by atomic mass is 16.3. The zero-order valence-corrected chi connectivity index (χ0v) is 14.6. The molecule has 3 rings (SSSR count). The zero-order valence-electron chi connectivity index (χ0n) is 14.6. The van der Waals surface area contributed by atoms with Crippen molar-refractivity contribution in [3.63, 3.8) is 0 Å². The Morgan fingerprint density at radius 3 is 2.12 bits per heavy atom. The molecule has 0 atom stereocenters. The van der Waals surface area contributed by atoms with Crippen molar-refractivity contribution in [2.75, 3.05) is 7.05 Å². The number of nitrogens with zero attached hydrogens (tertiary/aromatic N) is 1. The van der Waals surface area contributed by atoms with Gasteiger partial charge >= 0.3 is 0 Å². The average molecular weight is 347 g/mol. The fourth-order valence-electron chi connectivity index (χ4n) is 2.93. The Balaban J connectivity index is 1.84. The average Bonchev–Trinajstić information content (AvgIpc) is 2.66. The molecule has 4 heteroatoms. The smallest absolute Gasteiger partial charge is 0.196 e. The molecule has 26 heavy (non-hydrogen) atoms. The number of carbonyl (C=O) groups excluding carboxylic acids is 1. The molecule has 0 unspecified atom stereocenters. The Kier molecular flexibility index (Phi) is 5.34. The lowest BCUT2D eigenvalue weighted by atomic mass is 9.99. The van der Waals surface area contributed by atoms with E-state index in [9.17, 15) is 15.0 Å². The molecule has 3 aromatic carbocycles. The highest BCUT2D eigenvalue weighted by Gasteiger charge is 2.19. The minimum absolute atomic E-state index is 0.0213. The van der Waals surface area contributed by atoms with Gasteiger partial charge in [0.25, 0.3) is 0 Å². The maximum atomic E-state index is 12.7. The number of hydrogen-bond acceptors (Lipinski definition) is 4. The summed E-state index contributed by atoms with van der Waals surface area (Å²) >= 11 is 0. The van der Waals surface area contributed by atoms with Crippen LogP contribution in [0.5, 0.6) is 11.5 Å². The molecule has 0 radical (unpaired) electrons. The maximum absolute atomic E-state index is 12.7. The molecule has 3 aromatic rings. The molecule has 0 heterocycles. The van der Waals surface area contributed by atoms with E-state index >= 15 is 0 Å². The van der Waals surface area contributed by atoms with Gasteiger partial charge in [-0.25, -0.2) is 0 Å². The number of aromatic hydroxyl groups is 2. The number of benzene rings is 3. The molecule has 0 aliphatic heterocycles. The third-order valence-electron chi connectivity index (χ3n) is 4.26. The van der Waals surface area contributed by atoms with Gasteiger partial charge in [-0.2, -0.15) is 0 Å². The first-order valence-corrected chi connectivity index (χ1v) is 8.42. The van der Waals surface area contributed by atoms with E-state index in [0.717, 1.165) is 5.56 Å². The largest absolute Gasteiger partial charge is 0.507 e. The molecule has 0 saturated heterocycles. The summed E-state index contributed by atoms with van der Waals surface area (Å²) < 4.78 is 0. The van der Waals surface area contributed by atoms with Crippen LogP contribution >= 0.6 is 0 Å². The van der Waals surface area contributed by atoms with Gasteiger partial charge in [-0.1, -0.05) is 60.7 Å². The third-order valence-corrected chi connectivity index (χ3v) is 4.26. The van der Waals surface area contributed by atoms with Crippen LogP contribution in [-0.4, -0.2) is 27.9 Å². The predicted molar refractivity (Wildman–Crippen MR) is 101 cm³/mol. The SMILES string of the molecule is CN(Cc1ccccc1)Cc1c(O)ccc(C(=O)c2ccccc2)c1O. The van der Waals surface area contributed by atoms with Gasteiger partial charge in [0.15, 0.2) is 5.78 Å². The van der Waals surface area contributed by atoms with Crippen LogP contribution in [0.2, 0.25) is 0 Å². The fourth-order valence-corrected chi connectivity index (χ4v) is 2.93. The van der Waals surface area contributed by atoms with Crippen LogP contribution in [0.4, 0.5) is 0 Å². The van der Waals surface area contributed by atoms with Crippen LogP contribution in [0.25, 0.3) is 0 Å². The Hall–Kier alpha value is -3.11. The third kappa shape index (κ3) is 3.92. The minimum atomic E-state index is -0.268. The van der Waals surface area contributed by atoms with Crippen LogP contribution in [0.3, 0.4) is 0 Å². The number of phenolic OH excluding ortho intramolecular Hbond substituents is 2. The van der Waals surface area contributed by atoms with Crippen molar-refractivity contribution in [1.29, 1.82) is 0 Å². The Bertz CT molecular complexity index is 892. The normalized spacial score (nSPS) is 10.8. The molecule has 0 aromatic heterocycles. The Labute approximate surface area is 153 Å². The van der Waals surface area contributed by atoms with Gasteiger partial charge in [0, 0.05) is 18.7 Å². The number of hydrogen-bond donors (Lipinski definition) is 2. The molecule has 0 saturated carbocycles. The van der Waals surface area contributed by atoms with Crippen molar-refractivity contribution in [2.45, 2.75) is 13.1 Å². The second-order valence-electron chi connectivity index (χ2n) is 6.31. The second-order valence-corrected chi connectivity index (χ2v) is 6.31. The van der Waals surface area contributed by atoms with E-state index in [1.807, 2.05) is 48.3 Å². The lowest BCUT2D eigenvalue weighted by Gasteiger charge is -2.19. The maximum Gasteiger partial charge on any atom is 0.196 e.